The number of hydrogen-bond acceptors (Lipinski definition) is 7. The van der Waals surface area contributed by atoms with Gasteiger partial charge in [-0.1, -0.05) is 36.4 Å². The number of benzene rings is 2. The van der Waals surface area contributed by atoms with Gasteiger partial charge in [-0.25, -0.2) is 14.2 Å². The van der Waals surface area contributed by atoms with Crippen molar-refractivity contribution in [3.05, 3.63) is 78.1 Å². The van der Waals surface area contributed by atoms with E-state index in [0.29, 0.717) is 24.3 Å². The molecule has 33 heavy (non-hydrogen) atoms. The van der Waals surface area contributed by atoms with Crippen LogP contribution >= 0.6 is 0 Å². The fraction of sp³-hybridized carbons (Fsp3) is 0.292. The number of halogens is 1. The molecule has 2 heterocycles. The molecule has 3 atom stereocenters. The van der Waals surface area contributed by atoms with E-state index >= 15 is 0 Å². The van der Waals surface area contributed by atoms with Crippen LogP contribution in [0.25, 0.3) is 11.3 Å². The third kappa shape index (κ3) is 5.95. The van der Waals surface area contributed by atoms with Crippen LogP contribution in [0.5, 0.6) is 0 Å². The van der Waals surface area contributed by atoms with Crippen LogP contribution in [-0.2, 0) is 27.2 Å². The summed E-state index contributed by atoms with van der Waals surface area (Å²) in [5.41, 5.74) is 2.52. The first-order chi connectivity index (χ1) is 16.0. The zero-order chi connectivity index (χ0) is 23.2. The van der Waals surface area contributed by atoms with Crippen molar-refractivity contribution in [2.75, 3.05) is 6.54 Å². The number of esters is 1. The molecule has 3 aromatic rings. The van der Waals surface area contributed by atoms with Crippen molar-refractivity contribution in [1.82, 2.24) is 15.6 Å². The van der Waals surface area contributed by atoms with E-state index < -0.39 is 24.3 Å². The van der Waals surface area contributed by atoms with Crippen molar-refractivity contribution in [3.63, 3.8) is 0 Å². The number of ether oxygens (including phenoxy) is 2. The van der Waals surface area contributed by atoms with Crippen LogP contribution < -0.4 is 10.6 Å². The summed E-state index contributed by atoms with van der Waals surface area (Å²) >= 11 is 0. The number of hydrogen-bond donors (Lipinski definition) is 2. The van der Waals surface area contributed by atoms with Gasteiger partial charge in [0.1, 0.15) is 5.82 Å². The van der Waals surface area contributed by atoms with Crippen molar-refractivity contribution in [3.8, 4) is 11.3 Å². The molecule has 0 unspecified atom stereocenters. The number of amides is 1. The lowest BCUT2D eigenvalue weighted by atomic mass is 10.00. The van der Waals surface area contributed by atoms with Gasteiger partial charge in [0.25, 0.3) is 0 Å². The van der Waals surface area contributed by atoms with Crippen LogP contribution in [0.1, 0.15) is 18.1 Å². The maximum Gasteiger partial charge on any atom is 0.407 e. The summed E-state index contributed by atoms with van der Waals surface area (Å²) in [6.07, 6.45) is 1.61. The minimum atomic E-state index is -0.685. The molecular formula is C24H24FN3O5. The summed E-state index contributed by atoms with van der Waals surface area (Å²) in [6.45, 7) is 1.79. The van der Waals surface area contributed by atoms with E-state index in [9.17, 15) is 14.0 Å². The van der Waals surface area contributed by atoms with Gasteiger partial charge in [-0.2, -0.15) is 0 Å². The first kappa shape index (κ1) is 22.5. The molecule has 1 fully saturated rings. The van der Waals surface area contributed by atoms with E-state index in [1.807, 2.05) is 24.3 Å². The predicted octanol–water partition coefficient (Wildman–Crippen LogP) is 3.22. The van der Waals surface area contributed by atoms with Gasteiger partial charge >= 0.3 is 12.1 Å². The highest BCUT2D eigenvalue weighted by Gasteiger charge is 2.41. The normalized spacial score (nSPS) is 19.8. The quantitative estimate of drug-likeness (QED) is 0.530. The lowest BCUT2D eigenvalue weighted by Gasteiger charge is -2.24. The number of carbonyl (C=O) groups excluding carboxylic acids is 2. The maximum absolute atomic E-state index is 13.3. The first-order valence-corrected chi connectivity index (χ1v) is 10.6. The van der Waals surface area contributed by atoms with Crippen LogP contribution in [0, 0.1) is 5.82 Å². The molecule has 1 aromatic heterocycles. The van der Waals surface area contributed by atoms with Gasteiger partial charge in [-0.3, -0.25) is 4.79 Å². The molecule has 8 nitrogen and oxygen atoms in total. The average Bonchev–Trinajstić information content (AvgIpc) is 3.44. The smallest absolute Gasteiger partial charge is 0.407 e. The van der Waals surface area contributed by atoms with E-state index in [4.69, 9.17) is 13.9 Å². The highest BCUT2D eigenvalue weighted by atomic mass is 19.1. The Kier molecular flexibility index (Phi) is 6.99. The number of nitrogens with one attached hydrogen (secondary N) is 2. The Labute approximate surface area is 190 Å². The van der Waals surface area contributed by atoms with Gasteiger partial charge in [0.05, 0.1) is 12.2 Å². The molecule has 9 heteroatoms. The maximum atomic E-state index is 13.3. The number of nitrogens with zero attached hydrogens (tertiary/aromatic N) is 1. The van der Waals surface area contributed by atoms with Gasteiger partial charge in [-0.15, -0.1) is 0 Å². The molecule has 1 aliphatic heterocycles. The summed E-state index contributed by atoms with van der Waals surface area (Å²) in [4.78, 5) is 27.9. The van der Waals surface area contributed by atoms with Crippen molar-refractivity contribution in [2.24, 2.45) is 0 Å². The number of rotatable bonds is 7. The zero-order valence-electron chi connectivity index (χ0n) is 18.0. The van der Waals surface area contributed by atoms with Crippen LogP contribution in [0.2, 0.25) is 0 Å². The van der Waals surface area contributed by atoms with E-state index in [0.717, 1.165) is 11.1 Å². The van der Waals surface area contributed by atoms with Gasteiger partial charge < -0.3 is 24.5 Å². The number of oxazole rings is 1. The Morgan fingerprint density at radius 2 is 2.00 bits per heavy atom. The van der Waals surface area contributed by atoms with Gasteiger partial charge in [0, 0.05) is 25.6 Å². The monoisotopic (exact) mass is 453 g/mol. The summed E-state index contributed by atoms with van der Waals surface area (Å²) in [7, 11) is 0. The van der Waals surface area contributed by atoms with Crippen LogP contribution in [-0.4, -0.2) is 41.8 Å². The molecule has 4 rings (SSSR count). The van der Waals surface area contributed by atoms with Gasteiger partial charge in [-0.05, 0) is 29.7 Å². The molecule has 1 amide bonds. The van der Waals surface area contributed by atoms with Crippen LogP contribution in [0.15, 0.2) is 65.5 Å². The number of aromatic nitrogens is 1. The lowest BCUT2D eigenvalue weighted by Crippen LogP contribution is -2.42. The largest absolute Gasteiger partial charge is 0.457 e. The van der Waals surface area contributed by atoms with E-state index in [1.165, 1.54) is 25.5 Å². The average molecular weight is 453 g/mol. The molecule has 0 saturated carbocycles. The Balaban J connectivity index is 1.40. The zero-order valence-corrected chi connectivity index (χ0v) is 18.0. The number of alkyl carbamates (subject to hydrolysis) is 1. The molecule has 172 valence electrons. The summed E-state index contributed by atoms with van der Waals surface area (Å²) in [5, 5.41) is 5.90. The molecular weight excluding hydrogens is 429 g/mol. The SMILES string of the molecule is CC(=O)O[C@H]1CN[C@H](Cc2ccc(-c3cnco3)cc2)[C@@H]1OC(=O)NCc1cccc(F)c1. The van der Waals surface area contributed by atoms with Gasteiger partial charge in [0.2, 0.25) is 0 Å². The summed E-state index contributed by atoms with van der Waals surface area (Å²) < 4.78 is 29.7. The van der Waals surface area contributed by atoms with Crippen molar-refractivity contribution in [1.29, 1.82) is 0 Å². The lowest BCUT2D eigenvalue weighted by molar-refractivity contribution is -0.150. The molecule has 0 aliphatic carbocycles. The van der Waals surface area contributed by atoms with E-state index in [1.54, 1.807) is 18.3 Å². The third-order valence-corrected chi connectivity index (χ3v) is 5.36. The van der Waals surface area contributed by atoms with Gasteiger partial charge in [0.15, 0.2) is 24.4 Å². The third-order valence-electron chi connectivity index (χ3n) is 5.36. The second-order valence-electron chi connectivity index (χ2n) is 7.78. The standard InChI is InChI=1S/C24H24FN3O5/c1-15(29)32-22-13-27-20(10-16-5-7-18(8-6-16)21-12-26-14-31-21)23(22)33-24(30)28-11-17-3-2-4-19(25)9-17/h2-9,12,14,20,22-23,27H,10-11,13H2,1H3,(H,28,30)/t20-,22+,23+/m1/s1. The molecule has 0 spiro atoms. The Bertz CT molecular complexity index is 1090. The van der Waals surface area contributed by atoms with Crippen molar-refractivity contribution >= 4 is 12.1 Å². The molecule has 0 bridgehead atoms. The molecule has 1 aliphatic rings. The molecule has 2 aromatic carbocycles. The summed E-state index contributed by atoms with van der Waals surface area (Å²) in [6, 6.07) is 13.4. The Morgan fingerprint density at radius 3 is 2.70 bits per heavy atom. The predicted molar refractivity (Wildman–Crippen MR) is 116 cm³/mol. The second kappa shape index (κ2) is 10.3. The molecule has 0 radical (unpaired) electrons. The Morgan fingerprint density at radius 1 is 1.18 bits per heavy atom. The highest BCUT2D eigenvalue weighted by Crippen LogP contribution is 2.23. The van der Waals surface area contributed by atoms with E-state index in [2.05, 4.69) is 15.6 Å². The minimum Gasteiger partial charge on any atom is -0.457 e. The fourth-order valence-electron chi connectivity index (χ4n) is 3.83. The van der Waals surface area contributed by atoms with Crippen LogP contribution in [0.4, 0.5) is 9.18 Å². The molecule has 1 saturated heterocycles. The van der Waals surface area contributed by atoms with Crippen LogP contribution in [0.3, 0.4) is 0 Å². The number of carbonyl (C=O) groups is 2. The second-order valence-corrected chi connectivity index (χ2v) is 7.78. The summed E-state index contributed by atoms with van der Waals surface area (Å²) in [5.74, 6) is -0.161. The molecule has 2 N–H and O–H groups in total. The van der Waals surface area contributed by atoms with E-state index in [-0.39, 0.29) is 18.4 Å². The minimum absolute atomic E-state index is 0.114. The van der Waals surface area contributed by atoms with Crippen molar-refractivity contribution < 1.29 is 27.9 Å². The highest BCUT2D eigenvalue weighted by molar-refractivity contribution is 5.68. The topological polar surface area (TPSA) is 103 Å². The first-order valence-electron chi connectivity index (χ1n) is 10.6. The Hall–Kier alpha value is -3.72. The van der Waals surface area contributed by atoms with Crippen molar-refractivity contribution in [2.45, 2.75) is 38.1 Å². The fourth-order valence-corrected chi connectivity index (χ4v) is 3.83.